The van der Waals surface area contributed by atoms with Crippen molar-refractivity contribution in [2.45, 2.75) is 13.0 Å². The highest BCUT2D eigenvalue weighted by Gasteiger charge is 2.23. The summed E-state index contributed by atoms with van der Waals surface area (Å²) in [4.78, 5) is 0.701. The van der Waals surface area contributed by atoms with Gasteiger partial charge in [-0.05, 0) is 23.9 Å². The largest absolute Gasteiger partial charge is 0.496 e. The molecule has 0 bridgehead atoms. The first kappa shape index (κ1) is 13.9. The van der Waals surface area contributed by atoms with Crippen molar-refractivity contribution in [3.05, 3.63) is 51.2 Å². The fourth-order valence-electron chi connectivity index (χ4n) is 1.88. The summed E-state index contributed by atoms with van der Waals surface area (Å²) in [6.45, 7) is 1.51. The lowest BCUT2D eigenvalue weighted by Gasteiger charge is -2.18. The van der Waals surface area contributed by atoms with Crippen molar-refractivity contribution in [3.8, 4) is 5.75 Å². The van der Waals surface area contributed by atoms with Crippen LogP contribution in [0.25, 0.3) is 0 Å². The quantitative estimate of drug-likeness (QED) is 0.670. The summed E-state index contributed by atoms with van der Waals surface area (Å²) >= 11 is 1.36. The van der Waals surface area contributed by atoms with Crippen LogP contribution < -0.4 is 16.0 Å². The predicted molar refractivity (Wildman–Crippen MR) is 71.1 cm³/mol. The molecule has 0 aliphatic carbocycles. The van der Waals surface area contributed by atoms with E-state index >= 15 is 0 Å². The summed E-state index contributed by atoms with van der Waals surface area (Å²) in [7, 11) is 1.52. The Morgan fingerprint density at radius 2 is 2.00 bits per heavy atom. The van der Waals surface area contributed by atoms with Crippen LogP contribution in [0, 0.1) is 18.6 Å². The van der Waals surface area contributed by atoms with E-state index in [1.54, 1.807) is 11.4 Å². The molecular weight excluding hydrogens is 270 g/mol. The maximum atomic E-state index is 14.0. The minimum absolute atomic E-state index is 0.159. The molecule has 1 heterocycles. The van der Waals surface area contributed by atoms with E-state index in [1.807, 2.05) is 0 Å². The van der Waals surface area contributed by atoms with Gasteiger partial charge in [-0.2, -0.15) is 0 Å². The van der Waals surface area contributed by atoms with Crippen molar-refractivity contribution in [3.63, 3.8) is 0 Å². The van der Waals surface area contributed by atoms with Gasteiger partial charge in [0.15, 0.2) is 11.6 Å². The first-order chi connectivity index (χ1) is 9.10. The Morgan fingerprint density at radius 3 is 2.63 bits per heavy atom. The lowest BCUT2D eigenvalue weighted by atomic mass is 10.0. The zero-order chi connectivity index (χ0) is 14.0. The van der Waals surface area contributed by atoms with Gasteiger partial charge in [0.1, 0.15) is 5.75 Å². The van der Waals surface area contributed by atoms with Crippen LogP contribution in [0.4, 0.5) is 8.78 Å². The SMILES string of the molecule is COc1ccsc1C(NN)c1ccc(C)c(F)c1F. The van der Waals surface area contributed by atoms with Gasteiger partial charge in [-0.15, -0.1) is 11.3 Å². The second-order valence-corrected chi connectivity index (χ2v) is 5.00. The second kappa shape index (κ2) is 5.64. The van der Waals surface area contributed by atoms with Crippen molar-refractivity contribution in [2.75, 3.05) is 7.11 Å². The van der Waals surface area contributed by atoms with E-state index < -0.39 is 17.7 Å². The highest BCUT2D eigenvalue weighted by Crippen LogP contribution is 2.35. The fourth-order valence-corrected chi connectivity index (χ4v) is 2.82. The van der Waals surface area contributed by atoms with Crippen molar-refractivity contribution in [2.24, 2.45) is 5.84 Å². The van der Waals surface area contributed by atoms with Crippen molar-refractivity contribution in [1.29, 1.82) is 0 Å². The fraction of sp³-hybridized carbons (Fsp3) is 0.231. The molecule has 19 heavy (non-hydrogen) atoms. The van der Waals surface area contributed by atoms with Crippen LogP contribution in [0.2, 0.25) is 0 Å². The highest BCUT2D eigenvalue weighted by atomic mass is 32.1. The normalized spacial score (nSPS) is 12.5. The third kappa shape index (κ3) is 2.47. The average Bonchev–Trinajstić information content (AvgIpc) is 2.88. The van der Waals surface area contributed by atoms with Crippen molar-refractivity contribution in [1.82, 2.24) is 5.43 Å². The molecule has 1 aromatic carbocycles. The first-order valence-corrected chi connectivity index (χ1v) is 6.50. The van der Waals surface area contributed by atoms with Crippen LogP contribution in [0.15, 0.2) is 23.6 Å². The van der Waals surface area contributed by atoms with E-state index in [2.05, 4.69) is 5.43 Å². The van der Waals surface area contributed by atoms with Gasteiger partial charge in [0.05, 0.1) is 18.0 Å². The molecule has 102 valence electrons. The average molecular weight is 284 g/mol. The summed E-state index contributed by atoms with van der Waals surface area (Å²) in [5.74, 6) is 4.34. The van der Waals surface area contributed by atoms with Crippen LogP contribution in [-0.4, -0.2) is 7.11 Å². The summed E-state index contributed by atoms with van der Waals surface area (Å²) in [5.41, 5.74) is 2.92. The molecule has 0 radical (unpaired) electrons. The van der Waals surface area contributed by atoms with E-state index in [-0.39, 0.29) is 11.1 Å². The van der Waals surface area contributed by atoms with Crippen molar-refractivity contribution < 1.29 is 13.5 Å². The highest BCUT2D eigenvalue weighted by molar-refractivity contribution is 7.10. The van der Waals surface area contributed by atoms with Crippen LogP contribution in [0.5, 0.6) is 5.75 Å². The van der Waals surface area contributed by atoms with Crippen LogP contribution in [0.1, 0.15) is 22.0 Å². The van der Waals surface area contributed by atoms with Gasteiger partial charge >= 0.3 is 0 Å². The third-order valence-corrected chi connectivity index (χ3v) is 3.89. The second-order valence-electron chi connectivity index (χ2n) is 4.05. The Balaban J connectivity index is 2.52. The number of hydrogen-bond donors (Lipinski definition) is 2. The van der Waals surface area contributed by atoms with Gasteiger partial charge in [-0.3, -0.25) is 5.84 Å². The molecule has 1 aromatic heterocycles. The third-order valence-electron chi connectivity index (χ3n) is 2.92. The van der Waals surface area contributed by atoms with Gasteiger partial charge < -0.3 is 4.74 Å². The number of hydrazine groups is 1. The van der Waals surface area contributed by atoms with E-state index in [9.17, 15) is 8.78 Å². The number of hydrogen-bond acceptors (Lipinski definition) is 4. The maximum Gasteiger partial charge on any atom is 0.164 e. The molecule has 1 atom stereocenters. The minimum atomic E-state index is -0.890. The molecule has 3 N–H and O–H groups in total. The van der Waals surface area contributed by atoms with E-state index in [4.69, 9.17) is 10.6 Å². The molecular formula is C13H14F2N2OS. The number of nitrogens with one attached hydrogen (secondary N) is 1. The smallest absolute Gasteiger partial charge is 0.164 e. The van der Waals surface area contributed by atoms with Gasteiger partial charge in [-0.25, -0.2) is 14.2 Å². The molecule has 0 fully saturated rings. The molecule has 0 saturated heterocycles. The Morgan fingerprint density at radius 1 is 1.26 bits per heavy atom. The number of halogens is 2. The van der Waals surface area contributed by atoms with E-state index in [0.29, 0.717) is 10.6 Å². The summed E-state index contributed by atoms with van der Waals surface area (Å²) in [6.07, 6.45) is 0. The van der Waals surface area contributed by atoms with Crippen LogP contribution in [0.3, 0.4) is 0 Å². The molecule has 6 heteroatoms. The molecule has 1 unspecified atom stereocenters. The monoisotopic (exact) mass is 284 g/mol. The van der Waals surface area contributed by atoms with Crippen molar-refractivity contribution >= 4 is 11.3 Å². The zero-order valence-electron chi connectivity index (χ0n) is 10.5. The summed E-state index contributed by atoms with van der Waals surface area (Å²) in [6, 6.07) is 4.16. The number of methoxy groups -OCH3 is 1. The Labute approximate surface area is 114 Å². The number of thiophene rings is 1. The number of ether oxygens (including phenoxy) is 1. The van der Waals surface area contributed by atoms with Gasteiger partial charge in [-0.1, -0.05) is 12.1 Å². The standard InChI is InChI=1S/C13H14F2N2OS/c1-7-3-4-8(11(15)10(7)14)12(17-16)13-9(18-2)5-6-19-13/h3-6,12,17H,16H2,1-2H3. The Bertz CT molecular complexity index is 586. The van der Waals surface area contributed by atoms with Crippen LogP contribution >= 0.6 is 11.3 Å². The molecule has 0 amide bonds. The topological polar surface area (TPSA) is 47.3 Å². The molecule has 2 rings (SSSR count). The first-order valence-electron chi connectivity index (χ1n) is 5.62. The van der Waals surface area contributed by atoms with Gasteiger partial charge in [0.2, 0.25) is 0 Å². The number of benzene rings is 1. The number of nitrogens with two attached hydrogens (primary N) is 1. The molecule has 0 saturated carbocycles. The van der Waals surface area contributed by atoms with Crippen LogP contribution in [-0.2, 0) is 0 Å². The van der Waals surface area contributed by atoms with Gasteiger partial charge in [0.25, 0.3) is 0 Å². The molecule has 2 aromatic rings. The summed E-state index contributed by atoms with van der Waals surface area (Å²) < 4.78 is 32.8. The Hall–Kier alpha value is -1.50. The maximum absolute atomic E-state index is 14.0. The van der Waals surface area contributed by atoms with E-state index in [0.717, 1.165) is 0 Å². The molecule has 0 aliphatic heterocycles. The predicted octanol–water partition coefficient (Wildman–Crippen LogP) is 2.90. The van der Waals surface area contributed by atoms with E-state index in [1.165, 1.54) is 37.5 Å². The molecule has 3 nitrogen and oxygen atoms in total. The lowest BCUT2D eigenvalue weighted by molar-refractivity contribution is 0.406. The Kier molecular flexibility index (Phi) is 4.14. The van der Waals surface area contributed by atoms with Gasteiger partial charge in [0, 0.05) is 5.56 Å². The minimum Gasteiger partial charge on any atom is -0.496 e. The lowest BCUT2D eigenvalue weighted by Crippen LogP contribution is -2.29. The number of aryl methyl sites for hydroxylation is 1. The number of rotatable bonds is 4. The molecule has 0 spiro atoms. The molecule has 0 aliphatic rings. The summed E-state index contributed by atoms with van der Waals surface area (Å²) in [5, 5.41) is 1.81. The zero-order valence-corrected chi connectivity index (χ0v) is 11.4.